The van der Waals surface area contributed by atoms with E-state index in [4.69, 9.17) is 4.74 Å². The van der Waals surface area contributed by atoms with Gasteiger partial charge >= 0.3 is 0 Å². The smallest absolute Gasteiger partial charge is 0.259 e. The van der Waals surface area contributed by atoms with Crippen LogP contribution in [-0.4, -0.2) is 49.7 Å². The van der Waals surface area contributed by atoms with Crippen LogP contribution in [0.15, 0.2) is 53.6 Å². The van der Waals surface area contributed by atoms with Gasteiger partial charge in [0.1, 0.15) is 5.56 Å². The molecule has 0 N–H and O–H groups in total. The van der Waals surface area contributed by atoms with Gasteiger partial charge in [-0.15, -0.1) is 0 Å². The highest BCUT2D eigenvalue weighted by atomic mass is 32.2. The lowest BCUT2D eigenvalue weighted by Crippen LogP contribution is -2.32. The van der Waals surface area contributed by atoms with Crippen molar-refractivity contribution in [2.45, 2.75) is 16.6 Å². The van der Waals surface area contributed by atoms with Gasteiger partial charge in [-0.05, 0) is 30.7 Å². The molecule has 6 nitrogen and oxygen atoms in total. The van der Waals surface area contributed by atoms with Crippen LogP contribution in [0.1, 0.15) is 16.8 Å². The van der Waals surface area contributed by atoms with Crippen LogP contribution in [-0.2, 0) is 9.84 Å². The van der Waals surface area contributed by atoms with Crippen LogP contribution >= 0.6 is 0 Å². The lowest BCUT2D eigenvalue weighted by molar-refractivity contribution is 0.0789. The summed E-state index contributed by atoms with van der Waals surface area (Å²) in [6.45, 7) is 0.571. The zero-order chi connectivity index (χ0) is 17.2. The van der Waals surface area contributed by atoms with E-state index in [2.05, 4.69) is 4.98 Å². The second kappa shape index (κ2) is 6.60. The number of hydrogen-bond donors (Lipinski definition) is 0. The van der Waals surface area contributed by atoms with Crippen molar-refractivity contribution in [3.63, 3.8) is 0 Å². The molecule has 0 aliphatic carbocycles. The average Bonchev–Trinajstić information content (AvgIpc) is 3.13. The molecule has 1 amide bonds. The maximum Gasteiger partial charge on any atom is 0.259 e. The fourth-order valence-electron chi connectivity index (χ4n) is 2.86. The van der Waals surface area contributed by atoms with Gasteiger partial charge in [-0.1, -0.05) is 18.2 Å². The van der Waals surface area contributed by atoms with Gasteiger partial charge in [0.15, 0.2) is 9.84 Å². The zero-order valence-electron chi connectivity index (χ0n) is 13.3. The first kappa shape index (κ1) is 16.4. The molecular formula is C17H18N2O4S. The summed E-state index contributed by atoms with van der Waals surface area (Å²) in [5, 5.41) is -0.591. The van der Waals surface area contributed by atoms with Crippen molar-refractivity contribution < 1.29 is 17.9 Å². The SMILES string of the molecule is COc1ncccc1C(=O)N1CCC(S(=O)(=O)c2ccccc2)C1. The number of methoxy groups -OCH3 is 1. The summed E-state index contributed by atoms with van der Waals surface area (Å²) in [6, 6.07) is 11.6. The molecule has 1 atom stereocenters. The molecule has 0 radical (unpaired) electrons. The highest BCUT2D eigenvalue weighted by molar-refractivity contribution is 7.92. The Kier molecular flexibility index (Phi) is 4.53. The summed E-state index contributed by atoms with van der Waals surface area (Å²) < 4.78 is 30.5. The summed E-state index contributed by atoms with van der Waals surface area (Å²) >= 11 is 0. The van der Waals surface area contributed by atoms with Crippen LogP contribution in [0.3, 0.4) is 0 Å². The Hall–Kier alpha value is -2.41. The molecule has 2 aromatic rings. The van der Waals surface area contributed by atoms with Crippen molar-refractivity contribution in [3.05, 3.63) is 54.2 Å². The summed E-state index contributed by atoms with van der Waals surface area (Å²) in [5.41, 5.74) is 0.345. The Labute approximate surface area is 141 Å². The van der Waals surface area contributed by atoms with E-state index < -0.39 is 15.1 Å². The molecule has 1 aromatic carbocycles. The van der Waals surface area contributed by atoms with E-state index in [1.54, 1.807) is 53.6 Å². The number of aromatic nitrogens is 1. The third-order valence-electron chi connectivity index (χ3n) is 4.14. The monoisotopic (exact) mass is 346 g/mol. The summed E-state index contributed by atoms with van der Waals surface area (Å²) in [4.78, 5) is 18.5. The fourth-order valence-corrected chi connectivity index (χ4v) is 4.57. The molecule has 1 aliphatic heterocycles. The Morgan fingerprint density at radius 1 is 1.21 bits per heavy atom. The molecule has 24 heavy (non-hydrogen) atoms. The van der Waals surface area contributed by atoms with E-state index in [0.717, 1.165) is 0 Å². The van der Waals surface area contributed by atoms with E-state index in [1.165, 1.54) is 7.11 Å². The molecule has 1 aliphatic rings. The Morgan fingerprint density at radius 2 is 1.96 bits per heavy atom. The van der Waals surface area contributed by atoms with Crippen molar-refractivity contribution in [2.75, 3.05) is 20.2 Å². The van der Waals surface area contributed by atoms with Gasteiger partial charge in [0.2, 0.25) is 5.88 Å². The van der Waals surface area contributed by atoms with Crippen molar-refractivity contribution in [3.8, 4) is 5.88 Å². The van der Waals surface area contributed by atoms with Crippen molar-refractivity contribution in [1.82, 2.24) is 9.88 Å². The maximum absolute atomic E-state index is 12.7. The van der Waals surface area contributed by atoms with Gasteiger partial charge in [0.25, 0.3) is 5.91 Å². The van der Waals surface area contributed by atoms with Gasteiger partial charge in [0, 0.05) is 19.3 Å². The van der Waals surface area contributed by atoms with Gasteiger partial charge < -0.3 is 9.64 Å². The van der Waals surface area contributed by atoms with Crippen molar-refractivity contribution >= 4 is 15.7 Å². The summed E-state index contributed by atoms with van der Waals surface area (Å²) in [6.07, 6.45) is 1.97. The second-order valence-corrected chi connectivity index (χ2v) is 7.81. The third kappa shape index (κ3) is 2.99. The molecule has 126 valence electrons. The number of amides is 1. The van der Waals surface area contributed by atoms with E-state index >= 15 is 0 Å². The number of ether oxygens (including phenoxy) is 1. The van der Waals surface area contributed by atoms with Crippen LogP contribution in [0.4, 0.5) is 0 Å². The Morgan fingerprint density at radius 3 is 2.67 bits per heavy atom. The van der Waals surface area contributed by atoms with Gasteiger partial charge in [-0.25, -0.2) is 13.4 Å². The molecule has 1 unspecified atom stereocenters. The van der Waals surface area contributed by atoms with Crippen LogP contribution in [0, 0.1) is 0 Å². The number of benzene rings is 1. The molecule has 3 rings (SSSR count). The summed E-state index contributed by atoms with van der Waals surface area (Å²) in [7, 11) is -1.99. The van der Waals surface area contributed by atoms with Gasteiger partial charge in [-0.3, -0.25) is 4.79 Å². The fraction of sp³-hybridized carbons (Fsp3) is 0.294. The number of sulfone groups is 1. The van der Waals surface area contributed by atoms with Crippen LogP contribution in [0.2, 0.25) is 0 Å². The highest BCUT2D eigenvalue weighted by Crippen LogP contribution is 2.26. The van der Waals surface area contributed by atoms with Crippen molar-refractivity contribution in [1.29, 1.82) is 0 Å². The largest absolute Gasteiger partial charge is 0.480 e. The molecule has 1 fully saturated rings. The number of rotatable bonds is 4. The number of carbonyl (C=O) groups excluding carboxylic acids is 1. The minimum atomic E-state index is -3.44. The molecule has 0 spiro atoms. The third-order valence-corrected chi connectivity index (χ3v) is 6.33. The van der Waals surface area contributed by atoms with E-state index in [0.29, 0.717) is 23.4 Å². The minimum absolute atomic E-state index is 0.175. The number of hydrogen-bond acceptors (Lipinski definition) is 5. The number of nitrogens with zero attached hydrogens (tertiary/aromatic N) is 2. The maximum atomic E-state index is 12.7. The number of likely N-dealkylation sites (tertiary alicyclic amines) is 1. The summed E-state index contributed by atoms with van der Waals surface area (Å²) in [5.74, 6) is -0.0115. The first-order chi connectivity index (χ1) is 11.5. The molecule has 1 saturated heterocycles. The van der Waals surface area contributed by atoms with Crippen molar-refractivity contribution in [2.24, 2.45) is 0 Å². The average molecular weight is 346 g/mol. The minimum Gasteiger partial charge on any atom is -0.480 e. The molecule has 2 heterocycles. The number of pyridine rings is 1. The quantitative estimate of drug-likeness (QED) is 0.843. The molecule has 7 heteroatoms. The first-order valence-corrected chi connectivity index (χ1v) is 9.16. The van der Waals surface area contributed by atoms with Crippen LogP contribution < -0.4 is 4.74 Å². The van der Waals surface area contributed by atoms with E-state index in [9.17, 15) is 13.2 Å². The molecule has 0 bridgehead atoms. The van der Waals surface area contributed by atoms with Gasteiger partial charge in [0.05, 0.1) is 17.3 Å². The highest BCUT2D eigenvalue weighted by Gasteiger charge is 2.36. The Bertz CT molecular complexity index is 837. The standard InChI is InChI=1S/C17H18N2O4S/c1-23-16-15(8-5-10-18-16)17(20)19-11-9-14(12-19)24(21,22)13-6-3-2-4-7-13/h2-8,10,14H,9,11-12H2,1H3. The van der Waals surface area contributed by atoms with Crippen LogP contribution in [0.5, 0.6) is 5.88 Å². The first-order valence-electron chi connectivity index (χ1n) is 7.61. The van der Waals surface area contributed by atoms with E-state index in [-0.39, 0.29) is 18.3 Å². The van der Waals surface area contributed by atoms with Crippen LogP contribution in [0.25, 0.3) is 0 Å². The van der Waals surface area contributed by atoms with E-state index in [1.807, 2.05) is 0 Å². The second-order valence-electron chi connectivity index (χ2n) is 5.58. The topological polar surface area (TPSA) is 76.6 Å². The predicted molar refractivity (Wildman–Crippen MR) is 88.7 cm³/mol. The molecule has 1 aromatic heterocycles. The predicted octanol–water partition coefficient (Wildman–Crippen LogP) is 1.78. The lowest BCUT2D eigenvalue weighted by atomic mass is 10.2. The molecular weight excluding hydrogens is 328 g/mol. The Balaban J connectivity index is 1.79. The zero-order valence-corrected chi connectivity index (χ0v) is 14.1. The normalized spacial score (nSPS) is 17.7. The number of carbonyl (C=O) groups is 1. The van der Waals surface area contributed by atoms with Gasteiger partial charge in [-0.2, -0.15) is 0 Å². The molecule has 0 saturated carbocycles. The lowest BCUT2D eigenvalue weighted by Gasteiger charge is -2.17.